The van der Waals surface area contributed by atoms with E-state index in [0.717, 1.165) is 52.4 Å². The Morgan fingerprint density at radius 2 is 2.00 bits per heavy atom. The highest BCUT2D eigenvalue weighted by Crippen LogP contribution is 2.35. The third kappa shape index (κ3) is 4.52. The predicted molar refractivity (Wildman–Crippen MR) is 127 cm³/mol. The van der Waals surface area contributed by atoms with E-state index in [9.17, 15) is 4.79 Å². The number of fused-ring (bicyclic) bond motifs is 1. The monoisotopic (exact) mass is 455 g/mol. The molecule has 1 aliphatic heterocycles. The Bertz CT molecular complexity index is 1080. The molecule has 2 aromatic heterocycles. The van der Waals surface area contributed by atoms with Gasteiger partial charge in [-0.25, -0.2) is 4.98 Å². The summed E-state index contributed by atoms with van der Waals surface area (Å²) in [5.74, 6) is 2.20. The molecule has 1 aliphatic rings. The molecule has 3 aromatic rings. The molecule has 1 unspecified atom stereocenters. The Balaban J connectivity index is 1.77. The zero-order chi connectivity index (χ0) is 22.7. The van der Waals surface area contributed by atoms with Gasteiger partial charge in [0, 0.05) is 44.7 Å². The minimum absolute atomic E-state index is 0.0120. The summed E-state index contributed by atoms with van der Waals surface area (Å²) in [5.41, 5.74) is 1.67. The Morgan fingerprint density at radius 3 is 2.62 bits per heavy atom. The molecule has 32 heavy (non-hydrogen) atoms. The van der Waals surface area contributed by atoms with Crippen LogP contribution in [0.5, 0.6) is 11.5 Å². The van der Waals surface area contributed by atoms with E-state index in [1.807, 2.05) is 53.5 Å². The number of ether oxygens (including phenoxy) is 3. The summed E-state index contributed by atoms with van der Waals surface area (Å²) in [6.07, 6.45) is 2.06. The second kappa shape index (κ2) is 9.75. The van der Waals surface area contributed by atoms with E-state index in [1.54, 1.807) is 14.2 Å². The van der Waals surface area contributed by atoms with Crippen molar-refractivity contribution in [3.8, 4) is 11.5 Å². The normalized spacial score (nSPS) is 15.7. The minimum Gasteiger partial charge on any atom is -0.496 e. The number of hydrogen-bond acceptors (Lipinski definition) is 7. The van der Waals surface area contributed by atoms with Gasteiger partial charge in [0.25, 0.3) is 5.91 Å². The fraction of sp³-hybridized carbons (Fsp3) is 0.417. The first-order valence-electron chi connectivity index (χ1n) is 10.7. The molecule has 1 atom stereocenters. The number of thiophene rings is 1. The van der Waals surface area contributed by atoms with E-state index in [2.05, 4.69) is 6.07 Å². The molecule has 0 radical (unpaired) electrons. The van der Waals surface area contributed by atoms with Crippen LogP contribution in [0.2, 0.25) is 0 Å². The number of nitrogens with zero attached hydrogens (tertiary/aromatic N) is 3. The van der Waals surface area contributed by atoms with E-state index < -0.39 is 0 Å². The second-order valence-electron chi connectivity index (χ2n) is 8.03. The first-order chi connectivity index (χ1) is 15.5. The summed E-state index contributed by atoms with van der Waals surface area (Å²) in [6.45, 7) is 1.73. The maximum absolute atomic E-state index is 13.4. The molecule has 3 heterocycles. The van der Waals surface area contributed by atoms with Gasteiger partial charge in [-0.3, -0.25) is 4.79 Å². The molecular formula is C24H29N3O4S. The largest absolute Gasteiger partial charge is 0.496 e. The van der Waals surface area contributed by atoms with E-state index >= 15 is 0 Å². The maximum atomic E-state index is 13.4. The lowest BCUT2D eigenvalue weighted by molar-refractivity contribution is 0.0511. The number of amides is 1. The van der Waals surface area contributed by atoms with Crippen molar-refractivity contribution in [1.29, 1.82) is 0 Å². The first kappa shape index (κ1) is 22.4. The molecule has 0 spiro atoms. The quantitative estimate of drug-likeness (QED) is 0.507. The SMILES string of the molecule is COc1ccc(OC)c2nc(N(C)C)c(CN(CC3CCCO3)C(=O)c3cccs3)cc12. The van der Waals surface area contributed by atoms with Crippen LogP contribution < -0.4 is 14.4 Å². The zero-order valence-electron chi connectivity index (χ0n) is 19.0. The highest BCUT2D eigenvalue weighted by Gasteiger charge is 2.26. The third-order valence-corrected chi connectivity index (χ3v) is 6.51. The van der Waals surface area contributed by atoms with Gasteiger partial charge in [0.1, 0.15) is 22.8 Å². The summed E-state index contributed by atoms with van der Waals surface area (Å²) in [5, 5.41) is 2.78. The van der Waals surface area contributed by atoms with Gasteiger partial charge in [0.15, 0.2) is 0 Å². The average molecular weight is 456 g/mol. The van der Waals surface area contributed by atoms with Gasteiger partial charge in [-0.15, -0.1) is 11.3 Å². The Morgan fingerprint density at radius 1 is 1.22 bits per heavy atom. The molecule has 1 fully saturated rings. The molecule has 1 aromatic carbocycles. The zero-order valence-corrected chi connectivity index (χ0v) is 19.8. The molecule has 0 aliphatic carbocycles. The van der Waals surface area contributed by atoms with Gasteiger partial charge in [0.2, 0.25) is 0 Å². The van der Waals surface area contributed by atoms with Crippen LogP contribution in [0, 0.1) is 0 Å². The minimum atomic E-state index is 0.0120. The number of hydrogen-bond donors (Lipinski definition) is 0. The van der Waals surface area contributed by atoms with Gasteiger partial charge in [-0.1, -0.05) is 6.07 Å². The summed E-state index contributed by atoms with van der Waals surface area (Å²) < 4.78 is 17.0. The number of carbonyl (C=O) groups is 1. The Labute approximate surface area is 192 Å². The highest BCUT2D eigenvalue weighted by atomic mass is 32.1. The maximum Gasteiger partial charge on any atom is 0.264 e. The molecule has 0 bridgehead atoms. The Kier molecular flexibility index (Phi) is 6.81. The van der Waals surface area contributed by atoms with Gasteiger partial charge in [0.05, 0.1) is 25.2 Å². The van der Waals surface area contributed by atoms with Crippen molar-refractivity contribution in [2.24, 2.45) is 0 Å². The number of rotatable bonds is 8. The van der Waals surface area contributed by atoms with Crippen LogP contribution in [-0.2, 0) is 11.3 Å². The van der Waals surface area contributed by atoms with Crippen molar-refractivity contribution in [1.82, 2.24) is 9.88 Å². The summed E-state index contributed by atoms with van der Waals surface area (Å²) in [6, 6.07) is 9.57. The number of carbonyl (C=O) groups excluding carboxylic acids is 1. The Hall–Kier alpha value is -2.84. The van der Waals surface area contributed by atoms with Crippen LogP contribution in [-0.4, -0.2) is 63.4 Å². The van der Waals surface area contributed by atoms with E-state index in [-0.39, 0.29) is 12.0 Å². The van der Waals surface area contributed by atoms with Crippen molar-refractivity contribution in [2.75, 3.05) is 46.4 Å². The second-order valence-corrected chi connectivity index (χ2v) is 8.98. The first-order valence-corrected chi connectivity index (χ1v) is 11.6. The average Bonchev–Trinajstić information content (AvgIpc) is 3.51. The van der Waals surface area contributed by atoms with Gasteiger partial charge < -0.3 is 24.0 Å². The molecule has 1 amide bonds. The highest BCUT2D eigenvalue weighted by molar-refractivity contribution is 7.12. The summed E-state index contributed by atoms with van der Waals surface area (Å²) in [4.78, 5) is 22.9. The predicted octanol–water partition coefficient (Wildman–Crippen LogP) is 4.20. The van der Waals surface area contributed by atoms with Crippen molar-refractivity contribution in [3.05, 3.63) is 46.2 Å². The molecule has 7 nitrogen and oxygen atoms in total. The smallest absolute Gasteiger partial charge is 0.264 e. The van der Waals surface area contributed by atoms with Gasteiger partial charge in [-0.2, -0.15) is 0 Å². The van der Waals surface area contributed by atoms with Gasteiger partial charge in [-0.05, 0) is 42.5 Å². The number of methoxy groups -OCH3 is 2. The summed E-state index contributed by atoms with van der Waals surface area (Å²) in [7, 11) is 7.19. The van der Waals surface area contributed by atoms with Crippen molar-refractivity contribution in [2.45, 2.75) is 25.5 Å². The molecule has 0 N–H and O–H groups in total. The molecule has 170 valence electrons. The van der Waals surface area contributed by atoms with Crippen molar-refractivity contribution < 1.29 is 19.0 Å². The van der Waals surface area contributed by atoms with Gasteiger partial charge >= 0.3 is 0 Å². The van der Waals surface area contributed by atoms with Crippen molar-refractivity contribution >= 4 is 34.0 Å². The third-order valence-electron chi connectivity index (χ3n) is 5.66. The number of anilines is 1. The lowest BCUT2D eigenvalue weighted by Gasteiger charge is -2.27. The number of benzene rings is 1. The fourth-order valence-corrected chi connectivity index (χ4v) is 4.79. The molecule has 1 saturated heterocycles. The number of pyridine rings is 1. The summed E-state index contributed by atoms with van der Waals surface area (Å²) >= 11 is 1.46. The lowest BCUT2D eigenvalue weighted by atomic mass is 10.1. The van der Waals surface area contributed by atoms with Crippen LogP contribution in [0.15, 0.2) is 35.7 Å². The molecular weight excluding hydrogens is 426 g/mol. The van der Waals surface area contributed by atoms with E-state index in [1.165, 1.54) is 11.3 Å². The molecule has 0 saturated carbocycles. The lowest BCUT2D eigenvalue weighted by Crippen LogP contribution is -2.37. The van der Waals surface area contributed by atoms with E-state index in [4.69, 9.17) is 19.2 Å². The van der Waals surface area contributed by atoms with E-state index in [0.29, 0.717) is 18.8 Å². The van der Waals surface area contributed by atoms with Crippen LogP contribution in [0.4, 0.5) is 5.82 Å². The molecule has 8 heteroatoms. The fourth-order valence-electron chi connectivity index (χ4n) is 4.10. The molecule has 4 rings (SSSR count). The van der Waals surface area contributed by atoms with Crippen LogP contribution >= 0.6 is 11.3 Å². The van der Waals surface area contributed by atoms with Crippen LogP contribution in [0.1, 0.15) is 28.1 Å². The van der Waals surface area contributed by atoms with Crippen LogP contribution in [0.3, 0.4) is 0 Å². The standard InChI is InChI=1S/C24H29N3O4S/c1-26(2)23-16(13-18-19(29-3)9-10-20(30-4)22(18)25-23)14-27(15-17-7-5-11-31-17)24(28)21-8-6-12-32-21/h6,8-10,12-13,17H,5,7,11,14-15H2,1-4H3. The van der Waals surface area contributed by atoms with Crippen LogP contribution in [0.25, 0.3) is 10.9 Å². The topological polar surface area (TPSA) is 64.1 Å². The van der Waals surface area contributed by atoms with Crippen molar-refractivity contribution in [3.63, 3.8) is 0 Å². The number of aromatic nitrogens is 1.